The fourth-order valence-corrected chi connectivity index (χ4v) is 3.94. The Morgan fingerprint density at radius 3 is 2.63 bits per heavy atom. The molecule has 0 aromatic heterocycles. The fourth-order valence-electron chi connectivity index (χ4n) is 3.68. The number of amides is 2. The van der Waals surface area contributed by atoms with Gasteiger partial charge in [-0.15, -0.1) is 0 Å². The maximum atomic E-state index is 13.0. The summed E-state index contributed by atoms with van der Waals surface area (Å²) in [5.41, 5.74) is 6.87. The molecule has 2 N–H and O–H groups in total. The smallest absolute Gasteiger partial charge is 0.254 e. The van der Waals surface area contributed by atoms with Gasteiger partial charge in [0.15, 0.2) is 11.5 Å². The van der Waals surface area contributed by atoms with Gasteiger partial charge in [0.05, 0.1) is 7.11 Å². The number of halogens is 1. The molecular weight excluding hydrogens is 448 g/mol. The number of methoxy groups -OCH3 is 1. The number of hydrogen-bond donors (Lipinski definition) is 1. The second kappa shape index (κ2) is 10.5. The van der Waals surface area contributed by atoms with Crippen LogP contribution < -0.4 is 15.2 Å². The first kappa shape index (κ1) is 22.2. The number of nitrogens with zero attached hydrogens (tertiary/aromatic N) is 1. The highest BCUT2D eigenvalue weighted by Gasteiger charge is 2.25. The van der Waals surface area contributed by atoms with Gasteiger partial charge in [-0.2, -0.15) is 0 Å². The summed E-state index contributed by atoms with van der Waals surface area (Å²) in [6, 6.07) is 13.2. The van der Waals surface area contributed by atoms with E-state index in [4.69, 9.17) is 15.2 Å². The number of ether oxygens (including phenoxy) is 2. The Balaban J connectivity index is 1.65. The van der Waals surface area contributed by atoms with Gasteiger partial charge in [-0.05, 0) is 61.1 Å². The first-order chi connectivity index (χ1) is 14.5. The fraction of sp³-hybridized carbons (Fsp3) is 0.391. The van der Waals surface area contributed by atoms with E-state index in [-0.39, 0.29) is 11.8 Å². The molecule has 0 saturated carbocycles. The standard InChI is InChI=1S/C23H27BrN2O4/c1-29-21-13-18(7-10-20(21)30-15-17-4-8-19(24)9-5-17)23(28)26-12-2-3-16(14-26)6-11-22(25)27/h4-5,7-10,13,16H,2-3,6,11-12,14-15H2,1H3,(H2,25,27). The molecule has 1 fully saturated rings. The van der Waals surface area contributed by atoms with Crippen molar-refractivity contribution in [3.63, 3.8) is 0 Å². The van der Waals surface area contributed by atoms with Crippen LogP contribution in [0.3, 0.4) is 0 Å². The van der Waals surface area contributed by atoms with Gasteiger partial charge in [0.1, 0.15) is 6.61 Å². The van der Waals surface area contributed by atoms with Crippen LogP contribution in [0.1, 0.15) is 41.6 Å². The Morgan fingerprint density at radius 1 is 1.17 bits per heavy atom. The zero-order valence-electron chi connectivity index (χ0n) is 17.1. The third kappa shape index (κ3) is 5.98. The van der Waals surface area contributed by atoms with Gasteiger partial charge in [-0.1, -0.05) is 28.1 Å². The van der Waals surface area contributed by atoms with Crippen LogP contribution in [0.5, 0.6) is 11.5 Å². The quantitative estimate of drug-likeness (QED) is 0.622. The summed E-state index contributed by atoms with van der Waals surface area (Å²) in [7, 11) is 1.57. The second-order valence-electron chi connectivity index (χ2n) is 7.55. The van der Waals surface area contributed by atoms with E-state index in [1.807, 2.05) is 29.2 Å². The summed E-state index contributed by atoms with van der Waals surface area (Å²) >= 11 is 3.42. The van der Waals surface area contributed by atoms with Gasteiger partial charge >= 0.3 is 0 Å². The summed E-state index contributed by atoms with van der Waals surface area (Å²) in [5.74, 6) is 1.11. The summed E-state index contributed by atoms with van der Waals surface area (Å²) in [6.45, 7) is 1.77. The molecule has 1 atom stereocenters. The van der Waals surface area contributed by atoms with E-state index in [2.05, 4.69) is 15.9 Å². The highest BCUT2D eigenvalue weighted by molar-refractivity contribution is 9.10. The highest BCUT2D eigenvalue weighted by Crippen LogP contribution is 2.30. The number of rotatable bonds is 8. The third-order valence-corrected chi connectivity index (χ3v) is 5.85. The van der Waals surface area contributed by atoms with Crippen molar-refractivity contribution >= 4 is 27.7 Å². The Bertz CT molecular complexity index is 885. The van der Waals surface area contributed by atoms with Crippen LogP contribution in [-0.4, -0.2) is 36.9 Å². The van der Waals surface area contributed by atoms with Gasteiger partial charge in [0.2, 0.25) is 5.91 Å². The minimum absolute atomic E-state index is 0.0310. The summed E-state index contributed by atoms with van der Waals surface area (Å²) < 4.78 is 12.4. The Hall–Kier alpha value is -2.54. The maximum absolute atomic E-state index is 13.0. The van der Waals surface area contributed by atoms with Crippen molar-refractivity contribution in [2.75, 3.05) is 20.2 Å². The summed E-state index contributed by atoms with van der Waals surface area (Å²) in [6.07, 6.45) is 3.04. The molecule has 0 aliphatic carbocycles. The van der Waals surface area contributed by atoms with E-state index in [9.17, 15) is 9.59 Å². The predicted octanol–water partition coefficient (Wildman–Crippen LogP) is 4.15. The molecule has 1 heterocycles. The largest absolute Gasteiger partial charge is 0.493 e. The van der Waals surface area contributed by atoms with Crippen LogP contribution in [0, 0.1) is 5.92 Å². The van der Waals surface area contributed by atoms with Crippen molar-refractivity contribution in [1.82, 2.24) is 4.90 Å². The molecule has 7 heteroatoms. The molecule has 1 aliphatic rings. The minimum atomic E-state index is -0.290. The van der Waals surface area contributed by atoms with Crippen molar-refractivity contribution in [3.8, 4) is 11.5 Å². The summed E-state index contributed by atoms with van der Waals surface area (Å²) in [4.78, 5) is 25.9. The van der Waals surface area contributed by atoms with E-state index in [0.29, 0.717) is 42.6 Å². The molecule has 1 aliphatic heterocycles. The molecule has 3 rings (SSSR count). The first-order valence-corrected chi connectivity index (χ1v) is 10.9. The number of piperidine rings is 1. The monoisotopic (exact) mass is 474 g/mol. The van der Waals surface area contributed by atoms with Crippen LogP contribution in [-0.2, 0) is 11.4 Å². The topological polar surface area (TPSA) is 81.9 Å². The molecule has 1 saturated heterocycles. The number of likely N-dealkylation sites (tertiary alicyclic amines) is 1. The molecule has 30 heavy (non-hydrogen) atoms. The van der Waals surface area contributed by atoms with Crippen molar-refractivity contribution in [2.45, 2.75) is 32.3 Å². The molecule has 2 aromatic carbocycles. The molecule has 2 aromatic rings. The molecule has 0 spiro atoms. The van der Waals surface area contributed by atoms with Gasteiger partial charge in [0, 0.05) is 29.5 Å². The van der Waals surface area contributed by atoms with Gasteiger partial charge < -0.3 is 20.1 Å². The zero-order valence-corrected chi connectivity index (χ0v) is 18.7. The SMILES string of the molecule is COc1cc(C(=O)N2CCCC(CCC(N)=O)C2)ccc1OCc1ccc(Br)cc1. The van der Waals surface area contributed by atoms with Crippen LogP contribution in [0.25, 0.3) is 0 Å². The van der Waals surface area contributed by atoms with Crippen molar-refractivity contribution in [3.05, 3.63) is 58.1 Å². The van der Waals surface area contributed by atoms with Gasteiger partial charge in [-0.3, -0.25) is 9.59 Å². The first-order valence-electron chi connectivity index (χ1n) is 10.1. The van der Waals surface area contributed by atoms with Crippen molar-refractivity contribution in [2.24, 2.45) is 11.7 Å². The van der Waals surface area contributed by atoms with Gasteiger partial charge in [-0.25, -0.2) is 0 Å². The van der Waals surface area contributed by atoms with E-state index in [0.717, 1.165) is 35.8 Å². The third-order valence-electron chi connectivity index (χ3n) is 5.32. The Kier molecular flexibility index (Phi) is 7.74. The average molecular weight is 475 g/mol. The van der Waals surface area contributed by atoms with Gasteiger partial charge in [0.25, 0.3) is 5.91 Å². The number of carbonyl (C=O) groups is 2. The van der Waals surface area contributed by atoms with E-state index < -0.39 is 0 Å². The molecule has 2 amide bonds. The van der Waals surface area contributed by atoms with Crippen LogP contribution >= 0.6 is 15.9 Å². The minimum Gasteiger partial charge on any atom is -0.493 e. The molecule has 0 radical (unpaired) electrons. The normalized spacial score (nSPS) is 16.2. The van der Waals surface area contributed by atoms with E-state index >= 15 is 0 Å². The van der Waals surface area contributed by atoms with Crippen LogP contribution in [0.4, 0.5) is 0 Å². The van der Waals surface area contributed by atoms with Crippen LogP contribution in [0.2, 0.25) is 0 Å². The lowest BCUT2D eigenvalue weighted by Gasteiger charge is -2.33. The highest BCUT2D eigenvalue weighted by atomic mass is 79.9. The zero-order chi connectivity index (χ0) is 21.5. The molecule has 160 valence electrons. The second-order valence-corrected chi connectivity index (χ2v) is 8.46. The maximum Gasteiger partial charge on any atom is 0.254 e. The van der Waals surface area contributed by atoms with Crippen LogP contribution in [0.15, 0.2) is 46.9 Å². The average Bonchev–Trinajstić information content (AvgIpc) is 2.77. The molecule has 1 unspecified atom stereocenters. The summed E-state index contributed by atoms with van der Waals surface area (Å²) in [5, 5.41) is 0. The number of primary amides is 1. The number of nitrogens with two attached hydrogens (primary N) is 1. The predicted molar refractivity (Wildman–Crippen MR) is 119 cm³/mol. The number of carbonyl (C=O) groups excluding carboxylic acids is 2. The number of hydrogen-bond acceptors (Lipinski definition) is 4. The Morgan fingerprint density at radius 2 is 1.93 bits per heavy atom. The molecule has 0 bridgehead atoms. The molecular formula is C23H27BrN2O4. The molecule has 6 nitrogen and oxygen atoms in total. The Labute approximate surface area is 185 Å². The lowest BCUT2D eigenvalue weighted by atomic mass is 9.93. The van der Waals surface area contributed by atoms with E-state index in [1.54, 1.807) is 25.3 Å². The lowest BCUT2D eigenvalue weighted by molar-refractivity contribution is -0.118. The number of benzene rings is 2. The van der Waals surface area contributed by atoms with Crippen molar-refractivity contribution in [1.29, 1.82) is 0 Å². The van der Waals surface area contributed by atoms with Crippen molar-refractivity contribution < 1.29 is 19.1 Å². The van der Waals surface area contributed by atoms with E-state index in [1.165, 1.54) is 0 Å². The lowest BCUT2D eigenvalue weighted by Crippen LogP contribution is -2.40.